The summed E-state index contributed by atoms with van der Waals surface area (Å²) in [4.78, 5) is 30.2. The first-order chi connectivity index (χ1) is 14.6. The Labute approximate surface area is 170 Å². The Hall–Kier alpha value is -4.06. The first-order valence-electron chi connectivity index (χ1n) is 9.44. The largest absolute Gasteiger partial charge is 0.497 e. The highest BCUT2D eigenvalue weighted by Gasteiger charge is 2.15. The molecule has 0 bridgehead atoms. The van der Waals surface area contributed by atoms with E-state index >= 15 is 0 Å². The van der Waals surface area contributed by atoms with Gasteiger partial charge in [-0.2, -0.15) is 0 Å². The number of aromatic amines is 1. The number of methoxy groups -OCH3 is 2. The molecule has 3 aromatic rings. The van der Waals surface area contributed by atoms with Gasteiger partial charge in [-0.25, -0.2) is 0 Å². The van der Waals surface area contributed by atoms with Crippen LogP contribution in [0.2, 0.25) is 0 Å². The Kier molecular flexibility index (Phi) is 4.06. The highest BCUT2D eigenvalue weighted by atomic mass is 16.5. The second kappa shape index (κ2) is 6.77. The third kappa shape index (κ3) is 2.58. The monoisotopic (exact) mass is 398 g/mol. The quantitative estimate of drug-likeness (QED) is 0.504. The topological polar surface area (TPSA) is 73.3 Å². The van der Waals surface area contributed by atoms with Crippen molar-refractivity contribution in [3.05, 3.63) is 97.9 Å². The molecule has 0 amide bonds. The summed E-state index contributed by atoms with van der Waals surface area (Å²) in [6.07, 6.45) is 0. The van der Waals surface area contributed by atoms with E-state index in [1.54, 1.807) is 56.7 Å². The van der Waals surface area contributed by atoms with Crippen molar-refractivity contribution in [2.45, 2.75) is 0 Å². The number of benzene rings is 3. The molecule has 6 nitrogen and oxygen atoms in total. The van der Waals surface area contributed by atoms with Crippen molar-refractivity contribution < 1.29 is 9.47 Å². The van der Waals surface area contributed by atoms with Crippen LogP contribution in [0.3, 0.4) is 0 Å². The van der Waals surface area contributed by atoms with Crippen LogP contribution in [-0.2, 0) is 0 Å². The summed E-state index contributed by atoms with van der Waals surface area (Å²) in [6.45, 7) is 0. The minimum Gasteiger partial charge on any atom is -0.497 e. The average molecular weight is 398 g/mol. The molecule has 1 N–H and O–H groups in total. The van der Waals surface area contributed by atoms with Crippen molar-refractivity contribution in [3.8, 4) is 17.2 Å². The van der Waals surface area contributed by atoms with Crippen LogP contribution < -0.4 is 20.5 Å². The summed E-state index contributed by atoms with van der Waals surface area (Å²) in [5.74, 6) is 1.28. The third-order valence-corrected chi connectivity index (χ3v) is 5.37. The highest BCUT2D eigenvalue weighted by Crippen LogP contribution is 2.23. The minimum atomic E-state index is -0.393. The SMILES string of the molecule is COc1ccc(-n2c(=O)c3c(=O)c4ccccc4c=3[nH]c3ccc(OC)cc32)cc1. The first-order valence-corrected chi connectivity index (χ1v) is 9.44. The van der Waals surface area contributed by atoms with Crippen LogP contribution in [-0.4, -0.2) is 23.8 Å². The molecule has 1 aliphatic heterocycles. The van der Waals surface area contributed by atoms with Gasteiger partial charge in [0.1, 0.15) is 16.7 Å². The van der Waals surface area contributed by atoms with Gasteiger partial charge >= 0.3 is 0 Å². The zero-order chi connectivity index (χ0) is 20.8. The average Bonchev–Trinajstić information content (AvgIpc) is 2.99. The molecule has 2 aliphatic rings. The number of ether oxygens (including phenoxy) is 2. The van der Waals surface area contributed by atoms with Gasteiger partial charge in [0.2, 0.25) is 5.43 Å². The third-order valence-electron chi connectivity index (χ3n) is 5.37. The summed E-state index contributed by atoms with van der Waals surface area (Å²) in [6, 6.07) is 19.8. The summed E-state index contributed by atoms with van der Waals surface area (Å²) < 4.78 is 12.2. The lowest BCUT2D eigenvalue weighted by Crippen LogP contribution is -2.21. The predicted molar refractivity (Wildman–Crippen MR) is 116 cm³/mol. The van der Waals surface area contributed by atoms with Crippen molar-refractivity contribution in [3.63, 3.8) is 0 Å². The van der Waals surface area contributed by atoms with Crippen LogP contribution in [0.25, 0.3) is 27.5 Å². The van der Waals surface area contributed by atoms with Gasteiger partial charge in [0.25, 0.3) is 5.56 Å². The lowest BCUT2D eigenvalue weighted by Gasteiger charge is -2.09. The zero-order valence-electron chi connectivity index (χ0n) is 16.4. The molecule has 3 aromatic carbocycles. The van der Waals surface area contributed by atoms with Gasteiger partial charge in [0, 0.05) is 22.5 Å². The number of nitrogens with zero attached hydrogens (tertiary/aromatic N) is 1. The van der Waals surface area contributed by atoms with Crippen LogP contribution in [0.5, 0.6) is 11.5 Å². The first kappa shape index (κ1) is 18.0. The van der Waals surface area contributed by atoms with E-state index in [0.717, 1.165) is 5.39 Å². The van der Waals surface area contributed by atoms with Gasteiger partial charge in [0.05, 0.1) is 30.6 Å². The number of hydrogen-bond acceptors (Lipinski definition) is 4. The molecule has 0 atom stereocenters. The van der Waals surface area contributed by atoms with E-state index in [-0.39, 0.29) is 10.6 Å². The van der Waals surface area contributed by atoms with Crippen LogP contribution in [0.4, 0.5) is 0 Å². The number of nitrogens with one attached hydrogen (secondary N) is 1. The highest BCUT2D eigenvalue weighted by molar-refractivity contribution is 5.85. The van der Waals surface area contributed by atoms with Crippen LogP contribution in [0.15, 0.2) is 76.3 Å². The Balaban J connectivity index is 2.06. The second-order valence-corrected chi connectivity index (χ2v) is 6.97. The molecule has 0 saturated carbocycles. The molecule has 0 unspecified atom stereocenters. The molecular weight excluding hydrogens is 380 g/mol. The summed E-state index contributed by atoms with van der Waals surface area (Å²) in [5, 5.41) is 1.91. The standard InChI is InChI=1S/C24H18N2O4/c1-29-15-9-7-14(8-10-15)26-20-13-16(30-2)11-12-19(20)25-22-17-5-3-4-6-18(17)23(27)21(22)24(26)28/h3-13,25H,1-2H3. The molecule has 0 aromatic heterocycles. The van der Waals surface area contributed by atoms with Crippen molar-refractivity contribution in [1.29, 1.82) is 0 Å². The van der Waals surface area contributed by atoms with Crippen molar-refractivity contribution in [1.82, 2.24) is 9.55 Å². The maximum absolute atomic E-state index is 13.8. The van der Waals surface area contributed by atoms with E-state index in [0.29, 0.717) is 39.0 Å². The normalized spacial score (nSPS) is 11.3. The molecule has 148 valence electrons. The molecule has 1 heterocycles. The van der Waals surface area contributed by atoms with Crippen molar-refractivity contribution in [2.24, 2.45) is 0 Å². The summed E-state index contributed by atoms with van der Waals surface area (Å²) in [5.41, 5.74) is 1.25. The molecule has 0 saturated heterocycles. The number of rotatable bonds is 3. The van der Waals surface area contributed by atoms with E-state index in [2.05, 4.69) is 4.98 Å². The van der Waals surface area contributed by atoms with Gasteiger partial charge in [-0.3, -0.25) is 14.2 Å². The number of fused-ring (bicyclic) bond motifs is 3. The van der Waals surface area contributed by atoms with Crippen molar-refractivity contribution in [2.75, 3.05) is 14.2 Å². The Morgan fingerprint density at radius 2 is 1.47 bits per heavy atom. The molecule has 6 heteroatoms. The van der Waals surface area contributed by atoms with Crippen LogP contribution in [0.1, 0.15) is 0 Å². The maximum atomic E-state index is 13.8. The Morgan fingerprint density at radius 1 is 0.800 bits per heavy atom. The lowest BCUT2D eigenvalue weighted by atomic mass is 10.2. The molecule has 0 fully saturated rings. The van der Waals surface area contributed by atoms with Gasteiger partial charge in [-0.15, -0.1) is 0 Å². The fraction of sp³-hybridized carbons (Fsp3) is 0.0833. The fourth-order valence-electron chi connectivity index (χ4n) is 3.89. The number of H-pyrrole nitrogens is 1. The molecule has 5 rings (SSSR count). The van der Waals surface area contributed by atoms with E-state index in [4.69, 9.17) is 9.47 Å². The summed E-state index contributed by atoms with van der Waals surface area (Å²) in [7, 11) is 3.16. The Bertz CT molecular complexity index is 1600. The predicted octanol–water partition coefficient (Wildman–Crippen LogP) is 3.57. The van der Waals surface area contributed by atoms with E-state index in [1.165, 1.54) is 4.57 Å². The van der Waals surface area contributed by atoms with Crippen molar-refractivity contribution >= 4 is 21.8 Å². The zero-order valence-corrected chi connectivity index (χ0v) is 16.4. The maximum Gasteiger partial charge on any atom is 0.269 e. The smallest absolute Gasteiger partial charge is 0.269 e. The number of aromatic nitrogens is 2. The molecular formula is C24H18N2O4. The van der Waals surface area contributed by atoms with Gasteiger partial charge < -0.3 is 14.5 Å². The number of hydrogen-bond donors (Lipinski definition) is 1. The summed E-state index contributed by atoms with van der Waals surface area (Å²) >= 11 is 0. The fourth-order valence-corrected chi connectivity index (χ4v) is 3.89. The van der Waals surface area contributed by atoms with Crippen LogP contribution >= 0.6 is 0 Å². The second-order valence-electron chi connectivity index (χ2n) is 6.97. The van der Waals surface area contributed by atoms with E-state index in [9.17, 15) is 9.59 Å². The molecule has 0 spiro atoms. The van der Waals surface area contributed by atoms with Gasteiger partial charge in [-0.1, -0.05) is 24.3 Å². The molecule has 1 aliphatic carbocycles. The van der Waals surface area contributed by atoms with E-state index < -0.39 is 5.56 Å². The van der Waals surface area contributed by atoms with E-state index in [1.807, 2.05) is 24.3 Å². The van der Waals surface area contributed by atoms with Gasteiger partial charge in [0.15, 0.2) is 0 Å². The van der Waals surface area contributed by atoms with Gasteiger partial charge in [-0.05, 0) is 36.4 Å². The Morgan fingerprint density at radius 3 is 2.17 bits per heavy atom. The molecule has 30 heavy (non-hydrogen) atoms. The van der Waals surface area contributed by atoms with Crippen LogP contribution in [0, 0.1) is 10.6 Å². The molecule has 0 radical (unpaired) electrons. The lowest BCUT2D eigenvalue weighted by molar-refractivity contribution is 0.414. The minimum absolute atomic E-state index is 0.127.